The number of nitrogens with zero attached hydrogens (tertiary/aromatic N) is 5. The van der Waals surface area contributed by atoms with Crippen LogP contribution in [-0.4, -0.2) is 43.8 Å². The average molecular weight is 504 g/mol. The van der Waals surface area contributed by atoms with Crippen molar-refractivity contribution in [3.63, 3.8) is 0 Å². The van der Waals surface area contributed by atoms with Crippen molar-refractivity contribution in [2.24, 2.45) is 0 Å². The number of carbonyl (C=O) groups is 1. The fourth-order valence-corrected chi connectivity index (χ4v) is 5.06. The molecule has 5 heterocycles. The van der Waals surface area contributed by atoms with Crippen molar-refractivity contribution in [1.29, 1.82) is 0 Å². The van der Waals surface area contributed by atoms with Gasteiger partial charge in [-0.05, 0) is 51.0 Å². The third-order valence-electron chi connectivity index (χ3n) is 7.07. The van der Waals surface area contributed by atoms with Gasteiger partial charge in [0.05, 0.1) is 28.7 Å². The Balaban J connectivity index is 1.35. The molecular formula is C24H25F4N7O. The monoisotopic (exact) mass is 503 g/mol. The molecule has 0 aromatic carbocycles. The normalized spacial score (nSPS) is 19.7. The van der Waals surface area contributed by atoms with Crippen molar-refractivity contribution in [2.45, 2.75) is 50.4 Å². The van der Waals surface area contributed by atoms with E-state index in [9.17, 15) is 22.4 Å². The van der Waals surface area contributed by atoms with Crippen molar-refractivity contribution in [3.05, 3.63) is 59.4 Å². The molecule has 3 aromatic rings. The number of nitrogens with two attached hydrogens (primary N) is 1. The first-order chi connectivity index (χ1) is 16.9. The maximum Gasteiger partial charge on any atom is 0.419 e. The number of anilines is 1. The van der Waals surface area contributed by atoms with Crippen molar-refractivity contribution in [2.75, 3.05) is 18.8 Å². The topological polar surface area (TPSA) is 102 Å². The van der Waals surface area contributed by atoms with Crippen LogP contribution in [-0.2, 0) is 23.7 Å². The van der Waals surface area contributed by atoms with E-state index < -0.39 is 28.9 Å². The molecule has 5 rings (SSSR count). The summed E-state index contributed by atoms with van der Waals surface area (Å²) in [4.78, 5) is 22.6. The Hall–Kier alpha value is -3.70. The highest BCUT2D eigenvalue weighted by molar-refractivity contribution is 5.76. The minimum absolute atomic E-state index is 0.231. The van der Waals surface area contributed by atoms with Crippen LogP contribution in [0.3, 0.4) is 0 Å². The van der Waals surface area contributed by atoms with Gasteiger partial charge in [-0.15, -0.1) is 0 Å². The molecule has 8 nitrogen and oxygen atoms in total. The van der Waals surface area contributed by atoms with E-state index in [1.807, 2.05) is 0 Å². The molecule has 2 amide bonds. The van der Waals surface area contributed by atoms with E-state index in [-0.39, 0.29) is 17.0 Å². The molecule has 2 aliphatic rings. The number of fused-ring (bicyclic) bond motifs is 2. The first-order valence-electron chi connectivity index (χ1n) is 11.5. The van der Waals surface area contributed by atoms with E-state index in [0.717, 1.165) is 24.4 Å². The fraction of sp³-hybridized carbons (Fsp3) is 0.417. The lowest BCUT2D eigenvalue weighted by atomic mass is 9.82. The Kier molecular flexibility index (Phi) is 5.45. The van der Waals surface area contributed by atoms with Gasteiger partial charge in [0, 0.05) is 42.5 Å². The number of urea groups is 1. The number of hydrogen-bond acceptors (Lipinski definition) is 5. The number of amides is 2. The van der Waals surface area contributed by atoms with Gasteiger partial charge in [0.15, 0.2) is 0 Å². The average Bonchev–Trinajstić information content (AvgIpc) is 3.50. The van der Waals surface area contributed by atoms with Crippen LogP contribution < -0.4 is 11.1 Å². The van der Waals surface area contributed by atoms with Crippen molar-refractivity contribution in [1.82, 2.24) is 30.0 Å². The Morgan fingerprint density at radius 2 is 1.86 bits per heavy atom. The quantitative estimate of drug-likeness (QED) is 0.525. The highest BCUT2D eigenvalue weighted by atomic mass is 19.4. The van der Waals surface area contributed by atoms with E-state index in [1.54, 1.807) is 29.5 Å². The lowest BCUT2D eigenvalue weighted by Crippen LogP contribution is -2.48. The number of nitrogen functional groups attached to an aromatic ring is 1. The highest BCUT2D eigenvalue weighted by Crippen LogP contribution is 2.44. The van der Waals surface area contributed by atoms with Gasteiger partial charge in [0.2, 0.25) is 0 Å². The van der Waals surface area contributed by atoms with Gasteiger partial charge in [0.1, 0.15) is 11.6 Å². The smallest absolute Gasteiger partial charge is 0.383 e. The zero-order chi connectivity index (χ0) is 25.9. The molecule has 1 atom stereocenters. The first-order valence-corrected chi connectivity index (χ1v) is 11.5. The first kappa shape index (κ1) is 24.0. The Morgan fingerprint density at radius 1 is 1.11 bits per heavy atom. The van der Waals surface area contributed by atoms with Crippen LogP contribution in [0, 0.1) is 5.82 Å². The van der Waals surface area contributed by atoms with Crippen LogP contribution in [0.1, 0.15) is 43.6 Å². The van der Waals surface area contributed by atoms with Gasteiger partial charge in [-0.25, -0.2) is 14.2 Å². The van der Waals surface area contributed by atoms with Crippen LogP contribution >= 0.6 is 0 Å². The second kappa shape index (κ2) is 8.17. The van der Waals surface area contributed by atoms with Gasteiger partial charge in [-0.3, -0.25) is 9.67 Å². The molecule has 190 valence electrons. The van der Waals surface area contributed by atoms with E-state index >= 15 is 0 Å². The minimum atomic E-state index is -4.62. The standard InChI is InChI=1S/C24H25F4N7O/c1-22(2,18-4-3-15(25)12-30-18)32-21(36)34-7-5-23(13-34)6-8-35-19(23)10-17(33-35)14-9-16(24(26,27)28)20(29)31-11-14/h3-4,9-12H,5-8,13H2,1-2H3,(H2,29,31)(H,32,36). The molecule has 0 radical (unpaired) electrons. The summed E-state index contributed by atoms with van der Waals surface area (Å²) in [6, 6.07) is 5.32. The molecule has 12 heteroatoms. The van der Waals surface area contributed by atoms with Crippen LogP contribution in [0.15, 0.2) is 36.7 Å². The second-order valence-corrected chi connectivity index (χ2v) is 9.91. The summed E-state index contributed by atoms with van der Waals surface area (Å²) in [5, 5.41) is 7.49. The summed E-state index contributed by atoms with van der Waals surface area (Å²) in [6.45, 7) is 5.16. The van der Waals surface area contributed by atoms with E-state index in [1.165, 1.54) is 18.3 Å². The number of carbonyl (C=O) groups excluding carboxylic acids is 1. The van der Waals surface area contributed by atoms with Crippen LogP contribution in [0.2, 0.25) is 0 Å². The molecule has 1 fully saturated rings. The van der Waals surface area contributed by atoms with Crippen molar-refractivity contribution >= 4 is 11.8 Å². The predicted octanol–water partition coefficient (Wildman–Crippen LogP) is 4.07. The zero-order valence-corrected chi connectivity index (χ0v) is 19.7. The maximum atomic E-state index is 13.3. The van der Waals surface area contributed by atoms with Crippen LogP contribution in [0.25, 0.3) is 11.3 Å². The summed E-state index contributed by atoms with van der Waals surface area (Å²) in [5.74, 6) is -1.03. The summed E-state index contributed by atoms with van der Waals surface area (Å²) in [5.41, 5.74) is 5.31. The minimum Gasteiger partial charge on any atom is -0.383 e. The highest BCUT2D eigenvalue weighted by Gasteiger charge is 2.47. The number of pyridine rings is 2. The second-order valence-electron chi connectivity index (χ2n) is 9.91. The number of hydrogen-bond donors (Lipinski definition) is 2. The summed E-state index contributed by atoms with van der Waals surface area (Å²) >= 11 is 0. The molecule has 36 heavy (non-hydrogen) atoms. The molecule has 2 aliphatic heterocycles. The molecular weight excluding hydrogens is 478 g/mol. The van der Waals surface area contributed by atoms with E-state index in [4.69, 9.17) is 5.73 Å². The molecule has 0 saturated carbocycles. The predicted molar refractivity (Wildman–Crippen MR) is 123 cm³/mol. The third kappa shape index (κ3) is 4.14. The van der Waals surface area contributed by atoms with Gasteiger partial charge in [-0.1, -0.05) is 0 Å². The number of rotatable bonds is 3. The molecule has 1 spiro atoms. The molecule has 0 bridgehead atoms. The van der Waals surface area contributed by atoms with Gasteiger partial charge in [-0.2, -0.15) is 18.3 Å². The molecule has 3 aromatic heterocycles. The number of aryl methyl sites for hydroxylation is 1. The van der Waals surface area contributed by atoms with Gasteiger partial charge < -0.3 is 16.0 Å². The van der Waals surface area contributed by atoms with E-state index in [2.05, 4.69) is 20.4 Å². The van der Waals surface area contributed by atoms with Gasteiger partial charge >= 0.3 is 12.2 Å². The van der Waals surface area contributed by atoms with E-state index in [0.29, 0.717) is 37.4 Å². The summed E-state index contributed by atoms with van der Waals surface area (Å²) in [7, 11) is 0. The SMILES string of the molecule is CC(C)(NC(=O)N1CCC2(CCn3nc(-c4cnc(N)c(C(F)(F)F)c4)cc32)C1)c1ccc(F)cn1. The molecule has 1 saturated heterocycles. The molecule has 1 unspecified atom stereocenters. The van der Waals surface area contributed by atoms with Crippen LogP contribution in [0.4, 0.5) is 28.2 Å². The summed E-state index contributed by atoms with van der Waals surface area (Å²) in [6.07, 6.45) is -0.743. The Bertz CT molecular complexity index is 1320. The number of aromatic nitrogens is 4. The number of nitrogens with one attached hydrogen (secondary N) is 1. The van der Waals surface area contributed by atoms with Crippen molar-refractivity contribution < 1.29 is 22.4 Å². The Morgan fingerprint density at radius 3 is 2.56 bits per heavy atom. The molecule has 3 N–H and O–H groups in total. The van der Waals surface area contributed by atoms with Crippen molar-refractivity contribution in [3.8, 4) is 11.3 Å². The van der Waals surface area contributed by atoms with Gasteiger partial charge in [0.25, 0.3) is 0 Å². The lowest BCUT2D eigenvalue weighted by Gasteiger charge is -2.30. The summed E-state index contributed by atoms with van der Waals surface area (Å²) < 4.78 is 54.9. The number of halogens is 4. The lowest BCUT2D eigenvalue weighted by molar-refractivity contribution is -0.137. The largest absolute Gasteiger partial charge is 0.419 e. The maximum absolute atomic E-state index is 13.3. The number of likely N-dealkylation sites (tertiary alicyclic amines) is 1. The zero-order valence-electron chi connectivity index (χ0n) is 19.7. The third-order valence-corrected chi connectivity index (χ3v) is 7.07. The molecule has 0 aliphatic carbocycles. The van der Waals surface area contributed by atoms with Crippen LogP contribution in [0.5, 0.6) is 0 Å². The number of alkyl halides is 3. The fourth-order valence-electron chi connectivity index (χ4n) is 5.06. The Labute approximate surface area is 204 Å².